The van der Waals surface area contributed by atoms with Gasteiger partial charge in [0.25, 0.3) is 17.4 Å². The molecule has 0 saturated carbocycles. The highest BCUT2D eigenvalue weighted by Crippen LogP contribution is 2.40. The number of nitro benzene ring substituents is 1. The van der Waals surface area contributed by atoms with Crippen LogP contribution in [0.2, 0.25) is 0 Å². The number of amides is 1. The molecule has 0 radical (unpaired) electrons. The van der Waals surface area contributed by atoms with Crippen LogP contribution in [-0.4, -0.2) is 49.8 Å². The first-order chi connectivity index (χ1) is 16.8. The van der Waals surface area contributed by atoms with Crippen LogP contribution >= 0.6 is 0 Å². The molecule has 2 aromatic carbocycles. The second-order valence-corrected chi connectivity index (χ2v) is 7.85. The van der Waals surface area contributed by atoms with E-state index in [4.69, 9.17) is 4.74 Å². The summed E-state index contributed by atoms with van der Waals surface area (Å²) in [5, 5.41) is 22.4. The first-order valence-corrected chi connectivity index (χ1v) is 10.6. The van der Waals surface area contributed by atoms with Crippen LogP contribution in [0.5, 0.6) is 5.75 Å². The van der Waals surface area contributed by atoms with E-state index in [9.17, 15) is 29.2 Å². The third kappa shape index (κ3) is 4.60. The van der Waals surface area contributed by atoms with E-state index < -0.39 is 34.2 Å². The highest BCUT2D eigenvalue weighted by atomic mass is 19.1. The first-order valence-electron chi connectivity index (χ1n) is 10.6. The molecular weight excluding hydrogens is 459 g/mol. The predicted octanol–water partition coefficient (Wildman–Crippen LogP) is 3.45. The highest BCUT2D eigenvalue weighted by Gasteiger charge is 2.46. The van der Waals surface area contributed by atoms with Gasteiger partial charge in [0.15, 0.2) is 11.6 Å². The molecule has 1 N–H and O–H groups in total. The number of nitro groups is 1. The fourth-order valence-corrected chi connectivity index (χ4v) is 4.08. The van der Waals surface area contributed by atoms with Crippen molar-refractivity contribution in [2.24, 2.45) is 0 Å². The summed E-state index contributed by atoms with van der Waals surface area (Å²) in [4.78, 5) is 42.0. The molecule has 2 heterocycles. The van der Waals surface area contributed by atoms with Gasteiger partial charge in [0, 0.05) is 43.2 Å². The molecule has 0 spiro atoms. The maximum absolute atomic E-state index is 14.3. The Kier molecular flexibility index (Phi) is 6.58. The van der Waals surface area contributed by atoms with Crippen LogP contribution in [0.4, 0.5) is 10.1 Å². The van der Waals surface area contributed by atoms with Gasteiger partial charge in [0.2, 0.25) is 0 Å². The van der Waals surface area contributed by atoms with Gasteiger partial charge in [0.05, 0.1) is 30.0 Å². The molecule has 1 saturated heterocycles. The number of methoxy groups -OCH3 is 1. The van der Waals surface area contributed by atoms with Crippen molar-refractivity contribution >= 4 is 23.1 Å². The molecule has 1 amide bonds. The molecule has 0 bridgehead atoms. The van der Waals surface area contributed by atoms with Gasteiger partial charge in [-0.25, -0.2) is 9.37 Å². The van der Waals surface area contributed by atoms with E-state index in [0.717, 1.165) is 6.07 Å². The fraction of sp³-hybridized carbons (Fsp3) is 0.208. The number of aliphatic hydroxyl groups excluding tert-OH is 1. The fourth-order valence-electron chi connectivity index (χ4n) is 4.08. The van der Waals surface area contributed by atoms with Crippen LogP contribution in [0.3, 0.4) is 0 Å². The molecule has 4 rings (SSSR count). The van der Waals surface area contributed by atoms with E-state index in [1.54, 1.807) is 23.3 Å². The Morgan fingerprint density at radius 2 is 2.03 bits per heavy atom. The Morgan fingerprint density at radius 3 is 2.69 bits per heavy atom. The zero-order valence-electron chi connectivity index (χ0n) is 18.6. The topological polar surface area (TPSA) is 128 Å². The SMILES string of the molecule is COc1ccc(C(O)=C2C(=O)C(=O)N(CCCn3ccnc3)C2c2cccc([N+](=O)[O-])c2)cc1F. The van der Waals surface area contributed by atoms with Crippen LogP contribution in [0, 0.1) is 15.9 Å². The van der Waals surface area contributed by atoms with Crippen molar-refractivity contribution < 1.29 is 28.7 Å². The van der Waals surface area contributed by atoms with Crippen molar-refractivity contribution in [2.45, 2.75) is 19.0 Å². The lowest BCUT2D eigenvalue weighted by molar-refractivity contribution is -0.384. The number of imidazole rings is 1. The number of hydrogen-bond acceptors (Lipinski definition) is 7. The highest BCUT2D eigenvalue weighted by molar-refractivity contribution is 6.46. The number of rotatable bonds is 8. The number of aliphatic hydroxyl groups is 1. The van der Waals surface area contributed by atoms with Gasteiger partial charge in [0.1, 0.15) is 5.76 Å². The van der Waals surface area contributed by atoms with Crippen molar-refractivity contribution in [1.29, 1.82) is 0 Å². The second kappa shape index (κ2) is 9.75. The monoisotopic (exact) mass is 480 g/mol. The molecular formula is C24H21FN4O6. The van der Waals surface area contributed by atoms with E-state index in [0.29, 0.717) is 13.0 Å². The minimum Gasteiger partial charge on any atom is -0.507 e. The minimum atomic E-state index is -1.09. The van der Waals surface area contributed by atoms with Gasteiger partial charge in [-0.15, -0.1) is 0 Å². The number of carbonyl (C=O) groups excluding carboxylic acids is 2. The van der Waals surface area contributed by atoms with Crippen LogP contribution in [-0.2, 0) is 16.1 Å². The van der Waals surface area contributed by atoms with Crippen LogP contribution in [0.25, 0.3) is 5.76 Å². The average Bonchev–Trinajstić information content (AvgIpc) is 3.46. The van der Waals surface area contributed by atoms with Crippen molar-refractivity contribution in [2.75, 3.05) is 13.7 Å². The molecule has 1 aromatic heterocycles. The summed E-state index contributed by atoms with van der Waals surface area (Å²) in [5.41, 5.74) is -0.267. The number of ether oxygens (including phenoxy) is 1. The van der Waals surface area contributed by atoms with Gasteiger partial charge in [-0.05, 0) is 30.2 Å². The van der Waals surface area contributed by atoms with Gasteiger partial charge >= 0.3 is 0 Å². The zero-order valence-corrected chi connectivity index (χ0v) is 18.6. The number of aryl methyl sites for hydroxylation is 1. The Balaban J connectivity index is 1.78. The Bertz CT molecular complexity index is 1320. The number of Topliss-reactive ketones (excluding diaryl/α,β-unsaturated/α-hetero) is 1. The molecule has 1 aliphatic heterocycles. The lowest BCUT2D eigenvalue weighted by atomic mass is 9.95. The minimum absolute atomic E-state index is 0.0323. The summed E-state index contributed by atoms with van der Waals surface area (Å²) >= 11 is 0. The largest absolute Gasteiger partial charge is 0.507 e. The summed E-state index contributed by atoms with van der Waals surface area (Å²) in [5.74, 6) is -3.23. The third-order valence-electron chi connectivity index (χ3n) is 5.74. The molecule has 1 unspecified atom stereocenters. The Morgan fingerprint density at radius 1 is 1.23 bits per heavy atom. The normalized spacial score (nSPS) is 17.1. The number of benzene rings is 2. The molecule has 1 atom stereocenters. The van der Waals surface area contributed by atoms with Crippen molar-refractivity contribution in [1.82, 2.24) is 14.5 Å². The second-order valence-electron chi connectivity index (χ2n) is 7.85. The van der Waals surface area contributed by atoms with Crippen molar-refractivity contribution in [3.63, 3.8) is 0 Å². The lowest BCUT2D eigenvalue weighted by Gasteiger charge is -2.25. The maximum atomic E-state index is 14.3. The molecule has 11 heteroatoms. The predicted molar refractivity (Wildman–Crippen MR) is 122 cm³/mol. The summed E-state index contributed by atoms with van der Waals surface area (Å²) < 4.78 is 21.0. The van der Waals surface area contributed by atoms with Gasteiger partial charge in [-0.2, -0.15) is 0 Å². The van der Waals surface area contributed by atoms with E-state index in [1.165, 1.54) is 48.4 Å². The molecule has 3 aromatic rings. The van der Waals surface area contributed by atoms with Gasteiger partial charge in [-0.1, -0.05) is 12.1 Å². The van der Waals surface area contributed by atoms with E-state index in [1.807, 2.05) is 0 Å². The van der Waals surface area contributed by atoms with Gasteiger partial charge < -0.3 is 19.3 Å². The van der Waals surface area contributed by atoms with Gasteiger partial charge in [-0.3, -0.25) is 19.7 Å². The lowest BCUT2D eigenvalue weighted by Crippen LogP contribution is -2.31. The third-order valence-corrected chi connectivity index (χ3v) is 5.74. The Labute approximate surface area is 199 Å². The van der Waals surface area contributed by atoms with E-state index in [2.05, 4.69) is 4.98 Å². The van der Waals surface area contributed by atoms with E-state index >= 15 is 0 Å². The van der Waals surface area contributed by atoms with Crippen LogP contribution in [0.1, 0.15) is 23.6 Å². The number of ketones is 1. The number of carbonyl (C=O) groups is 2. The molecule has 1 fully saturated rings. The summed E-state index contributed by atoms with van der Waals surface area (Å²) in [6, 6.07) is 8.05. The summed E-state index contributed by atoms with van der Waals surface area (Å²) in [6.07, 6.45) is 5.43. The van der Waals surface area contributed by atoms with Crippen LogP contribution < -0.4 is 4.74 Å². The number of halogens is 1. The smallest absolute Gasteiger partial charge is 0.295 e. The first kappa shape index (κ1) is 23.6. The number of non-ortho nitro benzene ring substituents is 1. The van der Waals surface area contributed by atoms with Crippen molar-refractivity contribution in [3.05, 3.63) is 93.8 Å². The quantitative estimate of drug-likeness (QED) is 0.172. The summed E-state index contributed by atoms with van der Waals surface area (Å²) in [6.45, 7) is 0.637. The molecule has 0 aliphatic carbocycles. The average molecular weight is 480 g/mol. The molecule has 35 heavy (non-hydrogen) atoms. The van der Waals surface area contributed by atoms with Crippen LogP contribution in [0.15, 0.2) is 66.8 Å². The number of likely N-dealkylation sites (tertiary alicyclic amines) is 1. The number of nitrogens with zero attached hydrogens (tertiary/aromatic N) is 4. The molecule has 10 nitrogen and oxygen atoms in total. The molecule has 180 valence electrons. The molecule has 1 aliphatic rings. The maximum Gasteiger partial charge on any atom is 0.295 e. The summed E-state index contributed by atoms with van der Waals surface area (Å²) in [7, 11) is 1.29. The van der Waals surface area contributed by atoms with E-state index in [-0.39, 0.29) is 34.7 Å². The Hall–Kier alpha value is -4.54. The zero-order chi connectivity index (χ0) is 25.1. The number of hydrogen-bond donors (Lipinski definition) is 1. The standard InChI is InChI=1S/C24H21FN4O6/c1-35-19-7-6-16(13-18(19)25)22(30)20-21(15-4-2-5-17(12-15)29(33)34)28(24(32)23(20)31)10-3-9-27-11-8-26-14-27/h2,4-8,11-14,21,30H,3,9-10H2,1H3. The number of aromatic nitrogens is 2. The van der Waals surface area contributed by atoms with Crippen molar-refractivity contribution in [3.8, 4) is 5.75 Å².